The third kappa shape index (κ3) is 3.48. The SMILES string of the molecule is Cc1ccc(C(C)n2nc(C)c(NC(=O)c3noc4c3CCCC4C)c2C)cc1. The fourth-order valence-electron chi connectivity index (χ4n) is 4.23. The van der Waals surface area contributed by atoms with Gasteiger partial charge in [0.2, 0.25) is 0 Å². The van der Waals surface area contributed by atoms with Crippen LogP contribution in [0, 0.1) is 20.8 Å². The van der Waals surface area contributed by atoms with Crippen LogP contribution in [0.1, 0.15) is 83.0 Å². The van der Waals surface area contributed by atoms with E-state index in [1.807, 2.05) is 18.5 Å². The van der Waals surface area contributed by atoms with Crippen molar-refractivity contribution in [1.82, 2.24) is 14.9 Å². The smallest absolute Gasteiger partial charge is 0.278 e. The summed E-state index contributed by atoms with van der Waals surface area (Å²) in [6, 6.07) is 8.53. The van der Waals surface area contributed by atoms with Crippen LogP contribution in [0.4, 0.5) is 5.69 Å². The largest absolute Gasteiger partial charge is 0.360 e. The van der Waals surface area contributed by atoms with E-state index in [2.05, 4.69) is 55.5 Å². The maximum atomic E-state index is 13.0. The molecule has 1 N–H and O–H groups in total. The maximum Gasteiger partial charge on any atom is 0.278 e. The zero-order valence-electron chi connectivity index (χ0n) is 17.7. The number of nitrogens with zero attached hydrogens (tertiary/aromatic N) is 3. The molecule has 1 aliphatic rings. The second kappa shape index (κ2) is 7.50. The Morgan fingerprint density at radius 1 is 1.24 bits per heavy atom. The first-order valence-electron chi connectivity index (χ1n) is 10.3. The average Bonchev–Trinajstić information content (AvgIpc) is 3.25. The average molecular weight is 393 g/mol. The molecule has 1 amide bonds. The zero-order chi connectivity index (χ0) is 20.7. The number of carbonyl (C=O) groups excluding carboxylic acids is 1. The van der Waals surface area contributed by atoms with Crippen LogP contribution in [0.15, 0.2) is 28.8 Å². The van der Waals surface area contributed by atoms with E-state index in [4.69, 9.17) is 9.62 Å². The molecule has 2 heterocycles. The Morgan fingerprint density at radius 3 is 2.69 bits per heavy atom. The van der Waals surface area contributed by atoms with Crippen molar-refractivity contribution in [1.29, 1.82) is 0 Å². The summed E-state index contributed by atoms with van der Waals surface area (Å²) in [5, 5.41) is 11.8. The number of hydrogen-bond acceptors (Lipinski definition) is 4. The fraction of sp³-hybridized carbons (Fsp3) is 0.435. The van der Waals surface area contributed by atoms with Crippen molar-refractivity contribution in [2.75, 3.05) is 5.32 Å². The number of rotatable bonds is 4. The number of amides is 1. The second-order valence-corrected chi connectivity index (χ2v) is 8.20. The molecule has 152 valence electrons. The lowest BCUT2D eigenvalue weighted by Crippen LogP contribution is -2.17. The molecule has 3 aromatic rings. The third-order valence-electron chi connectivity index (χ3n) is 6.04. The minimum atomic E-state index is -0.224. The van der Waals surface area contributed by atoms with E-state index < -0.39 is 0 Å². The van der Waals surface area contributed by atoms with Crippen LogP contribution in [-0.2, 0) is 6.42 Å². The van der Waals surface area contributed by atoms with Crippen LogP contribution in [0.2, 0.25) is 0 Å². The Bertz CT molecular complexity index is 1050. The topological polar surface area (TPSA) is 73.0 Å². The lowest BCUT2D eigenvalue weighted by Gasteiger charge is -2.16. The van der Waals surface area contributed by atoms with Gasteiger partial charge in [0.15, 0.2) is 5.69 Å². The second-order valence-electron chi connectivity index (χ2n) is 8.20. The van der Waals surface area contributed by atoms with Gasteiger partial charge in [-0.15, -0.1) is 0 Å². The van der Waals surface area contributed by atoms with Crippen LogP contribution in [0.25, 0.3) is 0 Å². The molecule has 0 spiro atoms. The van der Waals surface area contributed by atoms with E-state index in [1.54, 1.807) is 0 Å². The van der Waals surface area contributed by atoms with Gasteiger partial charge >= 0.3 is 0 Å². The fourth-order valence-corrected chi connectivity index (χ4v) is 4.23. The number of benzene rings is 1. The van der Waals surface area contributed by atoms with E-state index in [1.165, 1.54) is 11.1 Å². The number of aromatic nitrogens is 3. The molecule has 0 bridgehead atoms. The number of carbonyl (C=O) groups is 1. The molecule has 0 saturated carbocycles. The number of anilines is 1. The van der Waals surface area contributed by atoms with Crippen LogP contribution in [0.3, 0.4) is 0 Å². The van der Waals surface area contributed by atoms with Crippen molar-refractivity contribution in [3.63, 3.8) is 0 Å². The highest BCUT2D eigenvalue weighted by atomic mass is 16.5. The van der Waals surface area contributed by atoms with Gasteiger partial charge in [-0.2, -0.15) is 5.10 Å². The van der Waals surface area contributed by atoms with Crippen molar-refractivity contribution in [3.8, 4) is 0 Å². The van der Waals surface area contributed by atoms with Gasteiger partial charge in [-0.1, -0.05) is 41.9 Å². The molecule has 2 unspecified atom stereocenters. The number of hydrogen-bond donors (Lipinski definition) is 1. The number of aryl methyl sites for hydroxylation is 2. The lowest BCUT2D eigenvalue weighted by atomic mass is 9.88. The maximum absolute atomic E-state index is 13.0. The predicted molar refractivity (Wildman–Crippen MR) is 113 cm³/mol. The van der Waals surface area contributed by atoms with Crippen LogP contribution < -0.4 is 5.32 Å². The molecule has 6 heteroatoms. The van der Waals surface area contributed by atoms with Gasteiger partial charge in [0.05, 0.1) is 23.1 Å². The standard InChI is InChI=1S/C23H28N4O2/c1-13-9-11-18(12-10-13)16(4)27-17(5)20(15(3)25-27)24-23(28)21-19-8-6-7-14(2)22(19)29-26-21/h9-12,14,16H,6-8H2,1-5H3,(H,24,28). The Labute approximate surface area is 171 Å². The van der Waals surface area contributed by atoms with Crippen molar-refractivity contribution in [2.24, 2.45) is 0 Å². The van der Waals surface area contributed by atoms with Crippen molar-refractivity contribution >= 4 is 11.6 Å². The Morgan fingerprint density at radius 2 is 1.97 bits per heavy atom. The first-order chi connectivity index (χ1) is 13.9. The summed E-state index contributed by atoms with van der Waals surface area (Å²) in [5.74, 6) is 0.950. The molecule has 2 aromatic heterocycles. The van der Waals surface area contributed by atoms with E-state index >= 15 is 0 Å². The molecule has 1 aliphatic carbocycles. The van der Waals surface area contributed by atoms with Gasteiger partial charge in [-0.05, 0) is 52.5 Å². The van der Waals surface area contributed by atoms with Crippen molar-refractivity contribution < 1.29 is 9.32 Å². The Hall–Kier alpha value is -2.89. The molecular formula is C23H28N4O2. The van der Waals surface area contributed by atoms with E-state index in [0.29, 0.717) is 11.6 Å². The molecule has 6 nitrogen and oxygen atoms in total. The molecular weight excluding hydrogens is 364 g/mol. The van der Waals surface area contributed by atoms with Gasteiger partial charge in [0.25, 0.3) is 5.91 Å². The highest BCUT2D eigenvalue weighted by Crippen LogP contribution is 2.34. The Kier molecular flexibility index (Phi) is 5.03. The summed E-state index contributed by atoms with van der Waals surface area (Å²) >= 11 is 0. The van der Waals surface area contributed by atoms with Gasteiger partial charge in [0, 0.05) is 11.5 Å². The lowest BCUT2D eigenvalue weighted by molar-refractivity contribution is 0.101. The van der Waals surface area contributed by atoms with E-state index in [9.17, 15) is 4.79 Å². The minimum Gasteiger partial charge on any atom is -0.360 e. The molecule has 1 aromatic carbocycles. The summed E-state index contributed by atoms with van der Waals surface area (Å²) < 4.78 is 7.47. The van der Waals surface area contributed by atoms with Crippen LogP contribution >= 0.6 is 0 Å². The molecule has 0 fully saturated rings. The molecule has 0 radical (unpaired) electrons. The van der Waals surface area contributed by atoms with Crippen molar-refractivity contribution in [3.05, 3.63) is 63.8 Å². The minimum absolute atomic E-state index is 0.0700. The first-order valence-corrected chi connectivity index (χ1v) is 10.3. The molecule has 29 heavy (non-hydrogen) atoms. The van der Waals surface area contributed by atoms with Crippen LogP contribution in [0.5, 0.6) is 0 Å². The van der Waals surface area contributed by atoms with E-state index in [-0.39, 0.29) is 11.9 Å². The third-order valence-corrected chi connectivity index (χ3v) is 6.04. The molecule has 0 saturated heterocycles. The zero-order valence-corrected chi connectivity index (χ0v) is 17.7. The summed E-state index contributed by atoms with van der Waals surface area (Å²) in [6.07, 6.45) is 2.97. The summed E-state index contributed by atoms with van der Waals surface area (Å²) in [6.45, 7) is 10.2. The highest BCUT2D eigenvalue weighted by molar-refractivity contribution is 6.04. The predicted octanol–water partition coefficient (Wildman–Crippen LogP) is 5.10. The molecule has 2 atom stereocenters. The number of nitrogens with one attached hydrogen (secondary N) is 1. The number of fused-ring (bicyclic) bond motifs is 1. The summed E-state index contributed by atoms with van der Waals surface area (Å²) in [5.41, 5.74) is 6.23. The summed E-state index contributed by atoms with van der Waals surface area (Å²) in [7, 11) is 0. The van der Waals surface area contributed by atoms with Crippen LogP contribution in [-0.4, -0.2) is 20.8 Å². The highest BCUT2D eigenvalue weighted by Gasteiger charge is 2.29. The van der Waals surface area contributed by atoms with Crippen molar-refractivity contribution in [2.45, 2.75) is 65.8 Å². The van der Waals surface area contributed by atoms with E-state index in [0.717, 1.165) is 47.7 Å². The van der Waals surface area contributed by atoms with Gasteiger partial charge in [-0.3, -0.25) is 9.48 Å². The summed E-state index contributed by atoms with van der Waals surface area (Å²) in [4.78, 5) is 13.0. The quantitative estimate of drug-likeness (QED) is 0.670. The molecule has 0 aliphatic heterocycles. The molecule has 4 rings (SSSR count). The van der Waals surface area contributed by atoms with Gasteiger partial charge in [0.1, 0.15) is 5.76 Å². The first kappa shape index (κ1) is 19.4. The normalized spacial score (nSPS) is 17.1. The van der Waals surface area contributed by atoms with Gasteiger partial charge in [-0.25, -0.2) is 0 Å². The monoisotopic (exact) mass is 392 g/mol. The Balaban J connectivity index is 1.60. The van der Waals surface area contributed by atoms with Gasteiger partial charge < -0.3 is 9.84 Å².